The van der Waals surface area contributed by atoms with Gasteiger partial charge in [-0.1, -0.05) is 33.8 Å². The fourth-order valence-corrected chi connectivity index (χ4v) is 2.25. The minimum Gasteiger partial charge on any atom is -0.461 e. The van der Waals surface area contributed by atoms with Gasteiger partial charge in [-0.25, -0.2) is 0 Å². The van der Waals surface area contributed by atoms with Gasteiger partial charge in [-0.3, -0.25) is 19.2 Å². The molecule has 2 atom stereocenters. The molecule has 172 valence electrons. The Morgan fingerprint density at radius 1 is 0.903 bits per heavy atom. The predicted molar refractivity (Wildman–Crippen MR) is 111 cm³/mol. The van der Waals surface area contributed by atoms with Crippen molar-refractivity contribution in [2.75, 3.05) is 6.61 Å². The van der Waals surface area contributed by atoms with Crippen LogP contribution in [0.25, 0.3) is 0 Å². The third-order valence-electron chi connectivity index (χ3n) is 4.04. The lowest BCUT2D eigenvalue weighted by Gasteiger charge is -2.17. The summed E-state index contributed by atoms with van der Waals surface area (Å²) in [4.78, 5) is 47.0. The number of rotatable bonds is 11. The lowest BCUT2D eigenvalue weighted by Crippen LogP contribution is -2.36. The van der Waals surface area contributed by atoms with Gasteiger partial charge >= 0.3 is 23.9 Å². The molecule has 9 nitrogen and oxygen atoms in total. The highest BCUT2D eigenvalue weighted by Gasteiger charge is 2.21. The van der Waals surface area contributed by atoms with Gasteiger partial charge in [0.1, 0.15) is 18.8 Å². The monoisotopic (exact) mass is 437 g/mol. The van der Waals surface area contributed by atoms with Gasteiger partial charge in [0, 0.05) is 12.8 Å². The van der Waals surface area contributed by atoms with Crippen molar-refractivity contribution >= 4 is 23.9 Å². The SMILES string of the molecule is CCC(=O)Oc1ccc(C[C@H](N)C(=O)OC[C@H](C)OC(=O)C(C)C)cc1OC(=O)CC. The Hall–Kier alpha value is -2.94. The van der Waals surface area contributed by atoms with E-state index in [-0.39, 0.29) is 49.3 Å². The van der Waals surface area contributed by atoms with E-state index in [0.717, 1.165) is 0 Å². The van der Waals surface area contributed by atoms with Crippen molar-refractivity contribution in [3.8, 4) is 11.5 Å². The average molecular weight is 437 g/mol. The Morgan fingerprint density at radius 2 is 1.48 bits per heavy atom. The lowest BCUT2D eigenvalue weighted by atomic mass is 10.1. The highest BCUT2D eigenvalue weighted by atomic mass is 16.6. The van der Waals surface area contributed by atoms with Gasteiger partial charge in [-0.2, -0.15) is 0 Å². The molecule has 1 aromatic carbocycles. The smallest absolute Gasteiger partial charge is 0.323 e. The number of carbonyl (C=O) groups excluding carboxylic acids is 4. The van der Waals surface area contributed by atoms with Crippen molar-refractivity contribution in [1.82, 2.24) is 0 Å². The molecule has 9 heteroatoms. The zero-order valence-electron chi connectivity index (χ0n) is 18.6. The number of ether oxygens (including phenoxy) is 4. The summed E-state index contributed by atoms with van der Waals surface area (Å²) in [6, 6.07) is 3.59. The molecule has 0 amide bonds. The first-order valence-corrected chi connectivity index (χ1v) is 10.2. The molecule has 2 N–H and O–H groups in total. The van der Waals surface area contributed by atoms with Crippen molar-refractivity contribution < 1.29 is 38.1 Å². The second kappa shape index (κ2) is 12.7. The van der Waals surface area contributed by atoms with E-state index in [0.29, 0.717) is 5.56 Å². The van der Waals surface area contributed by atoms with Gasteiger partial charge in [0.05, 0.1) is 5.92 Å². The molecule has 31 heavy (non-hydrogen) atoms. The molecule has 0 saturated carbocycles. The molecule has 0 aliphatic rings. The van der Waals surface area contributed by atoms with E-state index in [1.807, 2.05) is 0 Å². The van der Waals surface area contributed by atoms with Crippen LogP contribution in [0.15, 0.2) is 18.2 Å². The van der Waals surface area contributed by atoms with Crippen molar-refractivity contribution in [1.29, 1.82) is 0 Å². The molecular weight excluding hydrogens is 406 g/mol. The van der Waals surface area contributed by atoms with E-state index in [4.69, 9.17) is 24.7 Å². The highest BCUT2D eigenvalue weighted by Crippen LogP contribution is 2.29. The maximum atomic E-state index is 12.2. The highest BCUT2D eigenvalue weighted by molar-refractivity contribution is 5.77. The van der Waals surface area contributed by atoms with E-state index >= 15 is 0 Å². The normalized spacial score (nSPS) is 12.6. The topological polar surface area (TPSA) is 131 Å². The van der Waals surface area contributed by atoms with Gasteiger partial charge in [0.2, 0.25) is 0 Å². The molecule has 0 saturated heterocycles. The Balaban J connectivity index is 2.77. The predicted octanol–water partition coefficient (Wildman–Crippen LogP) is 2.32. The number of benzene rings is 1. The molecule has 1 aromatic rings. The molecule has 0 radical (unpaired) electrons. The molecule has 0 bridgehead atoms. The van der Waals surface area contributed by atoms with Crippen LogP contribution in [-0.2, 0) is 35.1 Å². The molecule has 0 fully saturated rings. The minimum atomic E-state index is -0.994. The number of hydrogen-bond acceptors (Lipinski definition) is 9. The molecule has 0 aromatic heterocycles. The summed E-state index contributed by atoms with van der Waals surface area (Å²) in [5.74, 6) is -2.13. The van der Waals surface area contributed by atoms with Crippen LogP contribution in [0, 0.1) is 5.92 Å². The van der Waals surface area contributed by atoms with Crippen LogP contribution in [0.2, 0.25) is 0 Å². The third kappa shape index (κ3) is 9.17. The van der Waals surface area contributed by atoms with Crippen LogP contribution in [0.4, 0.5) is 0 Å². The van der Waals surface area contributed by atoms with Crippen LogP contribution in [-0.4, -0.2) is 42.6 Å². The first-order valence-electron chi connectivity index (χ1n) is 10.2. The van der Waals surface area contributed by atoms with Gasteiger partial charge < -0.3 is 24.7 Å². The van der Waals surface area contributed by atoms with Crippen LogP contribution in [0.1, 0.15) is 53.0 Å². The van der Waals surface area contributed by atoms with Crippen molar-refractivity contribution in [2.24, 2.45) is 11.7 Å². The van der Waals surface area contributed by atoms with Gasteiger partial charge in [-0.15, -0.1) is 0 Å². The molecular formula is C22H31NO8. The van der Waals surface area contributed by atoms with Gasteiger partial charge in [-0.05, 0) is 31.0 Å². The third-order valence-corrected chi connectivity index (χ3v) is 4.04. The molecule has 1 rings (SSSR count). The number of hydrogen-bond donors (Lipinski definition) is 1. The van der Waals surface area contributed by atoms with Crippen molar-refractivity contribution in [3.63, 3.8) is 0 Å². The van der Waals surface area contributed by atoms with Crippen LogP contribution in [0.3, 0.4) is 0 Å². The second-order valence-corrected chi connectivity index (χ2v) is 7.28. The van der Waals surface area contributed by atoms with Crippen molar-refractivity contribution in [3.05, 3.63) is 23.8 Å². The quantitative estimate of drug-likeness (QED) is 0.409. The Labute approximate surface area is 182 Å². The second-order valence-electron chi connectivity index (χ2n) is 7.28. The lowest BCUT2D eigenvalue weighted by molar-refractivity contribution is -0.161. The van der Waals surface area contributed by atoms with E-state index in [1.54, 1.807) is 40.7 Å². The number of carbonyl (C=O) groups is 4. The van der Waals surface area contributed by atoms with E-state index in [1.165, 1.54) is 12.1 Å². The van der Waals surface area contributed by atoms with Gasteiger partial charge in [0.15, 0.2) is 11.5 Å². The minimum absolute atomic E-state index is 0.0703. The summed E-state index contributed by atoms with van der Waals surface area (Å²) in [6.45, 7) is 8.19. The number of nitrogens with two attached hydrogens (primary N) is 1. The molecule has 0 aliphatic heterocycles. The van der Waals surface area contributed by atoms with Crippen molar-refractivity contribution in [2.45, 2.75) is 66.0 Å². The largest absolute Gasteiger partial charge is 0.461 e. The summed E-state index contributed by atoms with van der Waals surface area (Å²) in [5.41, 5.74) is 6.51. The fraction of sp³-hybridized carbons (Fsp3) is 0.545. The van der Waals surface area contributed by atoms with E-state index < -0.39 is 30.1 Å². The molecule has 0 unspecified atom stereocenters. The van der Waals surface area contributed by atoms with E-state index in [2.05, 4.69) is 0 Å². The first-order chi connectivity index (χ1) is 14.6. The fourth-order valence-electron chi connectivity index (χ4n) is 2.25. The molecule has 0 aliphatic carbocycles. The molecule has 0 spiro atoms. The zero-order valence-corrected chi connectivity index (χ0v) is 18.6. The Morgan fingerprint density at radius 3 is 2.03 bits per heavy atom. The van der Waals surface area contributed by atoms with E-state index in [9.17, 15) is 19.2 Å². The van der Waals surface area contributed by atoms with Gasteiger partial charge in [0.25, 0.3) is 0 Å². The summed E-state index contributed by atoms with van der Waals surface area (Å²) in [5, 5.41) is 0. The standard InChI is InChI=1S/C22H31NO8/c1-6-19(24)30-17-9-8-15(11-18(17)31-20(25)7-2)10-16(23)22(27)28-12-14(5)29-21(26)13(3)4/h8-9,11,13-14,16H,6-7,10,12,23H2,1-5H3/t14-,16-/m0/s1. The maximum absolute atomic E-state index is 12.2. The summed E-state index contributed by atoms with van der Waals surface area (Å²) in [7, 11) is 0. The van der Waals surface area contributed by atoms with Crippen LogP contribution in [0.5, 0.6) is 11.5 Å². The Bertz CT molecular complexity index is 790. The first kappa shape index (κ1) is 26.1. The summed E-state index contributed by atoms with van der Waals surface area (Å²) < 4.78 is 20.7. The molecule has 0 heterocycles. The van der Waals surface area contributed by atoms with Crippen LogP contribution >= 0.6 is 0 Å². The Kier molecular flexibility index (Phi) is 10.7. The maximum Gasteiger partial charge on any atom is 0.323 e. The average Bonchev–Trinajstić information content (AvgIpc) is 2.73. The summed E-state index contributed by atoms with van der Waals surface area (Å²) in [6.07, 6.45) is -0.211. The summed E-state index contributed by atoms with van der Waals surface area (Å²) >= 11 is 0. The van der Waals surface area contributed by atoms with Crippen LogP contribution < -0.4 is 15.2 Å². The number of esters is 4. The zero-order chi connectivity index (χ0) is 23.6.